The van der Waals surface area contributed by atoms with E-state index in [1.54, 1.807) is 6.20 Å². The summed E-state index contributed by atoms with van der Waals surface area (Å²) >= 11 is 0. The van der Waals surface area contributed by atoms with Gasteiger partial charge in [-0.3, -0.25) is 9.89 Å². The number of benzene rings is 1. The van der Waals surface area contributed by atoms with Crippen molar-refractivity contribution in [2.24, 2.45) is 11.7 Å². The van der Waals surface area contributed by atoms with E-state index in [9.17, 15) is 4.79 Å². The lowest BCUT2D eigenvalue weighted by atomic mass is 9.87. The van der Waals surface area contributed by atoms with Crippen molar-refractivity contribution in [1.29, 1.82) is 0 Å². The highest BCUT2D eigenvalue weighted by Crippen LogP contribution is 2.32. The third-order valence-corrected chi connectivity index (χ3v) is 3.48. The lowest BCUT2D eigenvalue weighted by Crippen LogP contribution is -2.11. The number of carbonyl (C=O) groups is 1. The Hall–Kier alpha value is -2.10. The van der Waals surface area contributed by atoms with E-state index in [0.29, 0.717) is 23.1 Å². The molecule has 1 amide bonds. The number of aromatic amines is 1. The van der Waals surface area contributed by atoms with Gasteiger partial charge in [-0.1, -0.05) is 45.0 Å². The second kappa shape index (κ2) is 5.90. The smallest absolute Gasteiger partial charge is 0.252 e. The van der Waals surface area contributed by atoms with Crippen molar-refractivity contribution in [2.45, 2.75) is 33.1 Å². The lowest BCUT2D eigenvalue weighted by Gasteiger charge is -2.17. The van der Waals surface area contributed by atoms with Crippen LogP contribution in [0.15, 0.2) is 30.5 Å². The van der Waals surface area contributed by atoms with Gasteiger partial charge in [0, 0.05) is 11.8 Å². The maximum atomic E-state index is 11.5. The van der Waals surface area contributed by atoms with E-state index < -0.39 is 5.91 Å². The van der Waals surface area contributed by atoms with Crippen LogP contribution in [0, 0.1) is 5.92 Å². The van der Waals surface area contributed by atoms with Crippen molar-refractivity contribution in [3.05, 3.63) is 41.6 Å². The average Bonchev–Trinajstić information content (AvgIpc) is 2.87. The van der Waals surface area contributed by atoms with E-state index in [1.807, 2.05) is 18.2 Å². The van der Waals surface area contributed by atoms with Gasteiger partial charge in [0.25, 0.3) is 5.91 Å². The first-order valence-electron chi connectivity index (χ1n) is 6.93. The predicted molar refractivity (Wildman–Crippen MR) is 80.4 cm³/mol. The maximum absolute atomic E-state index is 11.5. The lowest BCUT2D eigenvalue weighted by molar-refractivity contribution is 0.100. The Labute approximate surface area is 119 Å². The van der Waals surface area contributed by atoms with E-state index in [2.05, 4.69) is 37.0 Å². The van der Waals surface area contributed by atoms with Crippen molar-refractivity contribution >= 4 is 5.91 Å². The van der Waals surface area contributed by atoms with Crippen molar-refractivity contribution < 1.29 is 4.79 Å². The van der Waals surface area contributed by atoms with Gasteiger partial charge in [0.05, 0.1) is 5.56 Å². The summed E-state index contributed by atoms with van der Waals surface area (Å²) in [6.07, 6.45) is 2.65. The number of hydrogen-bond donors (Lipinski definition) is 2. The molecular formula is C16H21N3O. The molecule has 4 heteroatoms. The highest BCUT2D eigenvalue weighted by Gasteiger charge is 2.18. The number of nitrogens with two attached hydrogens (primary N) is 1. The van der Waals surface area contributed by atoms with Gasteiger partial charge in [0.2, 0.25) is 0 Å². The molecule has 4 nitrogen and oxygen atoms in total. The van der Waals surface area contributed by atoms with Gasteiger partial charge in [0.1, 0.15) is 5.69 Å². The van der Waals surface area contributed by atoms with Gasteiger partial charge in [-0.25, -0.2) is 0 Å². The third-order valence-electron chi connectivity index (χ3n) is 3.48. The van der Waals surface area contributed by atoms with Gasteiger partial charge in [0.15, 0.2) is 0 Å². The fraction of sp³-hybridized carbons (Fsp3) is 0.375. The molecule has 2 aromatic rings. The van der Waals surface area contributed by atoms with Crippen molar-refractivity contribution in [1.82, 2.24) is 10.2 Å². The van der Waals surface area contributed by atoms with Crippen LogP contribution >= 0.6 is 0 Å². The zero-order chi connectivity index (χ0) is 14.7. The SMILES string of the molecule is CC(C)CC(C)c1ccccc1-c1n[nH]cc1C(N)=O. The maximum Gasteiger partial charge on any atom is 0.252 e. The highest BCUT2D eigenvalue weighted by molar-refractivity contribution is 5.98. The van der Waals surface area contributed by atoms with Crippen molar-refractivity contribution in [3.8, 4) is 11.3 Å². The van der Waals surface area contributed by atoms with E-state index in [0.717, 1.165) is 12.0 Å². The minimum atomic E-state index is -0.458. The second-order valence-corrected chi connectivity index (χ2v) is 5.63. The first-order valence-corrected chi connectivity index (χ1v) is 6.93. The summed E-state index contributed by atoms with van der Waals surface area (Å²) in [5.74, 6) is 0.566. The van der Waals surface area contributed by atoms with E-state index in [1.165, 1.54) is 5.56 Å². The molecule has 0 aliphatic carbocycles. The molecule has 1 aromatic carbocycles. The number of hydrogen-bond acceptors (Lipinski definition) is 2. The van der Waals surface area contributed by atoms with Crippen LogP contribution in [0.1, 0.15) is 49.0 Å². The number of rotatable bonds is 5. The van der Waals surface area contributed by atoms with Crippen LogP contribution in [0.5, 0.6) is 0 Å². The molecule has 0 saturated heterocycles. The molecule has 3 N–H and O–H groups in total. The van der Waals surface area contributed by atoms with Gasteiger partial charge >= 0.3 is 0 Å². The fourth-order valence-electron chi connectivity index (χ4n) is 2.66. The summed E-state index contributed by atoms with van der Waals surface area (Å²) in [4.78, 5) is 11.5. The number of carbonyl (C=O) groups excluding carboxylic acids is 1. The zero-order valence-electron chi connectivity index (χ0n) is 12.2. The number of aromatic nitrogens is 2. The molecule has 20 heavy (non-hydrogen) atoms. The van der Waals surface area contributed by atoms with Gasteiger partial charge in [-0.05, 0) is 23.8 Å². The quantitative estimate of drug-likeness (QED) is 0.875. The molecule has 0 fully saturated rings. The Morgan fingerprint density at radius 1 is 1.30 bits per heavy atom. The normalized spacial score (nSPS) is 12.6. The molecule has 1 aromatic heterocycles. The van der Waals surface area contributed by atoms with Crippen molar-refractivity contribution in [3.63, 3.8) is 0 Å². The molecule has 0 saturated carbocycles. The molecule has 2 rings (SSSR count). The molecular weight excluding hydrogens is 250 g/mol. The number of H-pyrrole nitrogens is 1. The minimum Gasteiger partial charge on any atom is -0.365 e. The van der Waals surface area contributed by atoms with Crippen LogP contribution in [-0.4, -0.2) is 16.1 Å². The molecule has 0 aliphatic heterocycles. The fourth-order valence-corrected chi connectivity index (χ4v) is 2.66. The summed E-state index contributed by atoms with van der Waals surface area (Å²) in [6.45, 7) is 6.63. The van der Waals surface area contributed by atoms with Gasteiger partial charge in [-0.2, -0.15) is 5.10 Å². The van der Waals surface area contributed by atoms with E-state index >= 15 is 0 Å². The Bertz CT molecular complexity index is 601. The average molecular weight is 271 g/mol. The Balaban J connectivity index is 2.47. The Kier molecular flexibility index (Phi) is 4.23. The van der Waals surface area contributed by atoms with E-state index in [4.69, 9.17) is 5.73 Å². The standard InChI is InChI=1S/C16H21N3O/c1-10(2)8-11(3)12-6-4-5-7-13(12)15-14(16(17)20)9-18-19-15/h4-7,9-11H,8H2,1-3H3,(H2,17,20)(H,18,19). The summed E-state index contributed by atoms with van der Waals surface area (Å²) in [5, 5.41) is 6.94. The van der Waals surface area contributed by atoms with Crippen LogP contribution in [0.3, 0.4) is 0 Å². The van der Waals surface area contributed by atoms with Gasteiger partial charge < -0.3 is 5.73 Å². The number of primary amides is 1. The summed E-state index contributed by atoms with van der Waals surface area (Å²) < 4.78 is 0. The topological polar surface area (TPSA) is 71.8 Å². The van der Waals surface area contributed by atoms with Crippen LogP contribution in [0.25, 0.3) is 11.3 Å². The predicted octanol–water partition coefficient (Wildman–Crippen LogP) is 3.33. The number of nitrogens with one attached hydrogen (secondary N) is 1. The Morgan fingerprint density at radius 3 is 2.65 bits per heavy atom. The van der Waals surface area contributed by atoms with Gasteiger partial charge in [-0.15, -0.1) is 0 Å². The summed E-state index contributed by atoms with van der Waals surface area (Å²) in [5.41, 5.74) is 8.67. The zero-order valence-corrected chi connectivity index (χ0v) is 12.2. The van der Waals surface area contributed by atoms with Crippen LogP contribution in [0.2, 0.25) is 0 Å². The Morgan fingerprint density at radius 2 is 2.00 bits per heavy atom. The summed E-state index contributed by atoms with van der Waals surface area (Å²) in [6, 6.07) is 8.07. The molecule has 0 bridgehead atoms. The largest absolute Gasteiger partial charge is 0.365 e. The first kappa shape index (κ1) is 14.3. The molecule has 0 spiro atoms. The van der Waals surface area contributed by atoms with Crippen LogP contribution in [0.4, 0.5) is 0 Å². The monoisotopic (exact) mass is 271 g/mol. The second-order valence-electron chi connectivity index (χ2n) is 5.63. The third kappa shape index (κ3) is 2.90. The molecule has 0 aliphatic rings. The number of nitrogens with zero attached hydrogens (tertiary/aromatic N) is 1. The van der Waals surface area contributed by atoms with Crippen molar-refractivity contribution in [2.75, 3.05) is 0 Å². The molecule has 0 radical (unpaired) electrons. The van der Waals surface area contributed by atoms with Crippen LogP contribution < -0.4 is 5.73 Å². The molecule has 1 unspecified atom stereocenters. The minimum absolute atomic E-state index is 0.406. The van der Waals surface area contributed by atoms with Crippen LogP contribution in [-0.2, 0) is 0 Å². The van der Waals surface area contributed by atoms with E-state index in [-0.39, 0.29) is 0 Å². The summed E-state index contributed by atoms with van der Waals surface area (Å²) in [7, 11) is 0. The first-order chi connectivity index (χ1) is 9.50. The highest BCUT2D eigenvalue weighted by atomic mass is 16.1. The number of amides is 1. The molecule has 106 valence electrons. The molecule has 1 atom stereocenters. The molecule has 1 heterocycles.